The Labute approximate surface area is 217 Å². The summed E-state index contributed by atoms with van der Waals surface area (Å²) in [7, 11) is 3.15. The number of ether oxygens (including phenoxy) is 2. The molecule has 4 rings (SSSR count). The van der Waals surface area contributed by atoms with Gasteiger partial charge in [-0.2, -0.15) is 0 Å². The minimum Gasteiger partial charge on any atom is -0.497 e. The molecule has 0 unspecified atom stereocenters. The van der Waals surface area contributed by atoms with Crippen molar-refractivity contribution in [3.8, 4) is 22.9 Å². The van der Waals surface area contributed by atoms with E-state index in [2.05, 4.69) is 5.32 Å². The number of hydrogen-bond acceptors (Lipinski definition) is 5. The van der Waals surface area contributed by atoms with Crippen molar-refractivity contribution in [2.24, 2.45) is 0 Å². The third kappa shape index (κ3) is 5.72. The molecule has 3 aromatic carbocycles. The molecule has 0 atom stereocenters. The Morgan fingerprint density at radius 1 is 0.972 bits per heavy atom. The number of halogens is 2. The first-order valence-corrected chi connectivity index (χ1v) is 11.7. The molecule has 4 aromatic rings. The topological polar surface area (TPSA) is 103 Å². The summed E-state index contributed by atoms with van der Waals surface area (Å²) in [5.41, 5.74) is 3.37. The van der Waals surface area contributed by atoms with Gasteiger partial charge in [0, 0.05) is 40.3 Å². The van der Waals surface area contributed by atoms with Crippen LogP contribution in [0.2, 0.25) is 10.0 Å². The molecule has 0 radical (unpaired) electrons. The minimum atomic E-state index is -0.982. The summed E-state index contributed by atoms with van der Waals surface area (Å²) in [6.07, 6.45) is -0.160. The second kappa shape index (κ2) is 10.9. The van der Waals surface area contributed by atoms with Crippen LogP contribution in [-0.4, -0.2) is 47.3 Å². The number of carbonyl (C=O) groups is 2. The lowest BCUT2D eigenvalue weighted by atomic mass is 10.1. The average Bonchev–Trinajstić information content (AvgIpc) is 3.20. The maximum atomic E-state index is 12.6. The second-order valence-corrected chi connectivity index (χ2v) is 8.88. The van der Waals surface area contributed by atoms with Crippen molar-refractivity contribution >= 4 is 46.1 Å². The summed E-state index contributed by atoms with van der Waals surface area (Å²) >= 11 is 12.5. The van der Waals surface area contributed by atoms with Crippen molar-refractivity contribution in [1.82, 2.24) is 14.9 Å². The highest BCUT2D eigenvalue weighted by Crippen LogP contribution is 2.33. The zero-order valence-electron chi connectivity index (χ0n) is 19.5. The summed E-state index contributed by atoms with van der Waals surface area (Å²) in [6, 6.07) is 16.0. The normalized spacial score (nSPS) is 10.9. The summed E-state index contributed by atoms with van der Waals surface area (Å²) in [4.78, 5) is 28.2. The molecule has 1 heterocycles. The Kier molecular flexibility index (Phi) is 7.67. The fourth-order valence-electron chi connectivity index (χ4n) is 3.86. The second-order valence-electron chi connectivity index (χ2n) is 8.00. The van der Waals surface area contributed by atoms with E-state index < -0.39 is 5.97 Å². The summed E-state index contributed by atoms with van der Waals surface area (Å²) in [6.45, 7) is 0.445. The van der Waals surface area contributed by atoms with Gasteiger partial charge < -0.3 is 24.5 Å². The summed E-state index contributed by atoms with van der Waals surface area (Å²) in [5.74, 6) is 0.476. The third-order valence-corrected chi connectivity index (χ3v) is 5.94. The molecule has 1 amide bonds. The van der Waals surface area contributed by atoms with Gasteiger partial charge in [0.15, 0.2) is 0 Å². The van der Waals surface area contributed by atoms with Crippen molar-refractivity contribution in [2.75, 3.05) is 20.8 Å². The number of methoxy groups -OCH3 is 2. The Bertz CT molecular complexity index is 1410. The molecule has 0 fully saturated rings. The van der Waals surface area contributed by atoms with Gasteiger partial charge in [-0.25, -0.2) is 4.98 Å². The number of fused-ring (bicyclic) bond motifs is 1. The quantitative estimate of drug-likeness (QED) is 0.307. The zero-order chi connectivity index (χ0) is 25.8. The van der Waals surface area contributed by atoms with Gasteiger partial charge in [0.05, 0.1) is 31.7 Å². The van der Waals surface area contributed by atoms with Gasteiger partial charge in [-0.1, -0.05) is 23.2 Å². The summed E-state index contributed by atoms with van der Waals surface area (Å²) < 4.78 is 12.9. The first-order valence-electron chi connectivity index (χ1n) is 11.0. The maximum absolute atomic E-state index is 12.6. The van der Waals surface area contributed by atoms with Crippen LogP contribution in [0.5, 0.6) is 11.5 Å². The fraction of sp³-hybridized carbons (Fsp3) is 0.192. The number of amides is 1. The van der Waals surface area contributed by atoms with Crippen molar-refractivity contribution in [2.45, 2.75) is 13.0 Å². The van der Waals surface area contributed by atoms with E-state index in [1.807, 2.05) is 34.9 Å². The molecule has 8 nitrogen and oxygen atoms in total. The number of nitrogens with zero attached hydrogens (tertiary/aromatic N) is 2. The fourth-order valence-corrected chi connectivity index (χ4v) is 4.43. The predicted molar refractivity (Wildman–Crippen MR) is 138 cm³/mol. The van der Waals surface area contributed by atoms with Gasteiger partial charge in [0.1, 0.15) is 17.3 Å². The van der Waals surface area contributed by atoms with Crippen LogP contribution in [0.3, 0.4) is 0 Å². The molecular formula is C26H23Cl2N3O5. The highest BCUT2D eigenvalue weighted by Gasteiger charge is 2.17. The van der Waals surface area contributed by atoms with E-state index in [1.165, 1.54) is 0 Å². The Balaban J connectivity index is 1.82. The van der Waals surface area contributed by atoms with E-state index in [4.69, 9.17) is 42.8 Å². The van der Waals surface area contributed by atoms with Crippen LogP contribution in [0.25, 0.3) is 22.4 Å². The van der Waals surface area contributed by atoms with Crippen LogP contribution in [0.15, 0.2) is 54.6 Å². The lowest BCUT2D eigenvalue weighted by Gasteiger charge is -2.13. The average molecular weight is 528 g/mol. The maximum Gasteiger partial charge on any atom is 0.305 e. The monoisotopic (exact) mass is 527 g/mol. The van der Waals surface area contributed by atoms with Gasteiger partial charge in [-0.15, -0.1) is 0 Å². The van der Waals surface area contributed by atoms with E-state index in [0.717, 1.165) is 16.6 Å². The molecule has 10 heteroatoms. The van der Waals surface area contributed by atoms with E-state index >= 15 is 0 Å². The number of nitrogens with one attached hydrogen (secondary N) is 1. The first kappa shape index (κ1) is 25.3. The Morgan fingerprint density at radius 2 is 1.64 bits per heavy atom. The third-order valence-electron chi connectivity index (χ3n) is 5.51. The molecule has 36 heavy (non-hydrogen) atoms. The molecule has 2 N–H and O–H groups in total. The number of carboxylic acid groups (broad SMARTS) is 1. The van der Waals surface area contributed by atoms with E-state index in [-0.39, 0.29) is 18.9 Å². The largest absolute Gasteiger partial charge is 0.497 e. The minimum absolute atomic E-state index is 0.0328. The van der Waals surface area contributed by atoms with E-state index in [0.29, 0.717) is 45.0 Å². The van der Waals surface area contributed by atoms with Gasteiger partial charge in [0.2, 0.25) is 0 Å². The first-order chi connectivity index (χ1) is 17.3. The number of benzene rings is 3. The van der Waals surface area contributed by atoms with Crippen LogP contribution in [0, 0.1) is 0 Å². The molecule has 0 aliphatic rings. The van der Waals surface area contributed by atoms with Crippen LogP contribution in [-0.2, 0) is 11.3 Å². The van der Waals surface area contributed by atoms with Crippen molar-refractivity contribution in [3.05, 3.63) is 75.8 Å². The smallest absolute Gasteiger partial charge is 0.305 e. The number of hydrogen-bond donors (Lipinski definition) is 2. The van der Waals surface area contributed by atoms with Crippen LogP contribution in [0.4, 0.5) is 0 Å². The number of aliphatic carboxylic acids is 1. The molecule has 0 bridgehead atoms. The van der Waals surface area contributed by atoms with Crippen molar-refractivity contribution < 1.29 is 24.2 Å². The molecule has 186 valence electrons. The van der Waals surface area contributed by atoms with Crippen molar-refractivity contribution in [1.29, 1.82) is 0 Å². The lowest BCUT2D eigenvalue weighted by Crippen LogP contribution is -2.25. The molecule has 0 saturated heterocycles. The standard InChI is InChI=1S/C26H23Cl2N3O5/c1-35-20-9-17(10-21(13-20)36-2)25-30-22-11-16(26(34)29-6-5-24(32)33)3-4-23(22)31(25)14-15-7-18(27)12-19(28)8-15/h3-4,7-13H,5-6,14H2,1-2H3,(H,29,34)(H,32,33). The number of rotatable bonds is 9. The van der Waals surface area contributed by atoms with Crippen LogP contribution >= 0.6 is 23.2 Å². The highest BCUT2D eigenvalue weighted by molar-refractivity contribution is 6.34. The molecular weight excluding hydrogens is 505 g/mol. The number of imidazole rings is 1. The van der Waals surface area contributed by atoms with Gasteiger partial charge in [-0.05, 0) is 54.1 Å². The van der Waals surface area contributed by atoms with Crippen LogP contribution in [0.1, 0.15) is 22.3 Å². The molecule has 0 aliphatic carbocycles. The number of carbonyl (C=O) groups excluding carboxylic acids is 1. The Morgan fingerprint density at radius 3 is 2.25 bits per heavy atom. The van der Waals surface area contributed by atoms with Gasteiger partial charge in [0.25, 0.3) is 5.91 Å². The molecule has 0 aliphatic heterocycles. The Hall–Kier alpha value is -3.75. The van der Waals surface area contributed by atoms with E-state index in [9.17, 15) is 9.59 Å². The predicted octanol–water partition coefficient (Wildman–Crippen LogP) is 5.28. The lowest BCUT2D eigenvalue weighted by molar-refractivity contribution is -0.136. The highest BCUT2D eigenvalue weighted by atomic mass is 35.5. The number of aromatic nitrogens is 2. The zero-order valence-corrected chi connectivity index (χ0v) is 21.1. The summed E-state index contributed by atoms with van der Waals surface area (Å²) in [5, 5.41) is 12.5. The van der Waals surface area contributed by atoms with Gasteiger partial charge >= 0.3 is 5.97 Å². The molecule has 0 saturated carbocycles. The van der Waals surface area contributed by atoms with Crippen LogP contribution < -0.4 is 14.8 Å². The van der Waals surface area contributed by atoms with Gasteiger partial charge in [-0.3, -0.25) is 9.59 Å². The van der Waals surface area contributed by atoms with E-state index in [1.54, 1.807) is 38.5 Å². The molecule has 1 aromatic heterocycles. The van der Waals surface area contributed by atoms with Crippen molar-refractivity contribution in [3.63, 3.8) is 0 Å². The SMILES string of the molecule is COc1cc(OC)cc(-c2nc3cc(C(=O)NCCC(=O)O)ccc3n2Cc2cc(Cl)cc(Cl)c2)c1. The number of carboxylic acids is 1. The molecule has 0 spiro atoms.